The number of benzene rings is 2. The van der Waals surface area contributed by atoms with Crippen LogP contribution in [0.3, 0.4) is 0 Å². The molecule has 3 N–H and O–H groups in total. The van der Waals surface area contributed by atoms with Crippen molar-refractivity contribution in [2.24, 2.45) is 5.73 Å². The van der Waals surface area contributed by atoms with E-state index >= 15 is 0 Å². The van der Waals surface area contributed by atoms with E-state index in [2.05, 4.69) is 5.32 Å². The molecule has 2 aromatic carbocycles. The Bertz CT molecular complexity index is 755. The van der Waals surface area contributed by atoms with E-state index < -0.39 is 16.1 Å². The third-order valence-electron chi connectivity index (χ3n) is 2.61. The van der Waals surface area contributed by atoms with Crippen LogP contribution in [0.15, 0.2) is 53.4 Å². The summed E-state index contributed by atoms with van der Waals surface area (Å²) >= 11 is 0. The van der Waals surface area contributed by atoms with Crippen LogP contribution in [0.4, 0.5) is 10.5 Å². The summed E-state index contributed by atoms with van der Waals surface area (Å²) in [5.41, 5.74) is 6.24. The first kappa shape index (κ1) is 14.9. The van der Waals surface area contributed by atoms with Gasteiger partial charge in [-0.05, 0) is 48.9 Å². The van der Waals surface area contributed by atoms with Gasteiger partial charge in [-0.3, -0.25) is 0 Å². The van der Waals surface area contributed by atoms with Crippen molar-refractivity contribution in [3.63, 3.8) is 0 Å². The lowest BCUT2D eigenvalue weighted by atomic mass is 10.2. The van der Waals surface area contributed by atoms with Gasteiger partial charge in [-0.1, -0.05) is 12.1 Å². The molecule has 6 nitrogen and oxygen atoms in total. The number of urea groups is 1. The molecule has 2 rings (SSSR count). The molecule has 0 atom stereocenters. The van der Waals surface area contributed by atoms with E-state index in [4.69, 9.17) is 9.92 Å². The quantitative estimate of drug-likeness (QED) is 0.846. The molecule has 0 fully saturated rings. The first-order chi connectivity index (χ1) is 9.87. The zero-order valence-corrected chi connectivity index (χ0v) is 12.1. The van der Waals surface area contributed by atoms with Gasteiger partial charge in [0.15, 0.2) is 0 Å². The van der Waals surface area contributed by atoms with Crippen LogP contribution in [0.5, 0.6) is 5.75 Å². The second-order valence-corrected chi connectivity index (χ2v) is 5.91. The van der Waals surface area contributed by atoms with Crippen molar-refractivity contribution in [2.75, 3.05) is 5.32 Å². The molecule has 0 spiro atoms. The first-order valence-electron chi connectivity index (χ1n) is 6.04. The van der Waals surface area contributed by atoms with E-state index in [9.17, 15) is 13.2 Å². The third kappa shape index (κ3) is 3.96. The topological polar surface area (TPSA) is 98.5 Å². The predicted octanol–water partition coefficient (Wildman–Crippen LogP) is 2.25. The lowest BCUT2D eigenvalue weighted by Crippen LogP contribution is -2.19. The Labute approximate surface area is 122 Å². The third-order valence-corrected chi connectivity index (χ3v) is 3.85. The highest BCUT2D eigenvalue weighted by Crippen LogP contribution is 2.21. The van der Waals surface area contributed by atoms with Gasteiger partial charge in [-0.25, -0.2) is 4.79 Å². The number of carbonyl (C=O) groups excluding carboxylic acids is 1. The van der Waals surface area contributed by atoms with Crippen molar-refractivity contribution in [3.05, 3.63) is 54.1 Å². The summed E-state index contributed by atoms with van der Waals surface area (Å²) in [6, 6.07) is 11.6. The van der Waals surface area contributed by atoms with E-state index in [1.807, 2.05) is 0 Å². The van der Waals surface area contributed by atoms with E-state index in [-0.39, 0.29) is 10.6 Å². The van der Waals surface area contributed by atoms with Gasteiger partial charge in [0, 0.05) is 5.69 Å². The number of nitrogens with two attached hydrogens (primary N) is 1. The largest absolute Gasteiger partial charge is 0.379 e. The lowest BCUT2D eigenvalue weighted by Gasteiger charge is -2.08. The van der Waals surface area contributed by atoms with Crippen LogP contribution in [0.1, 0.15) is 5.56 Å². The molecule has 0 aliphatic heterocycles. The van der Waals surface area contributed by atoms with Gasteiger partial charge in [0.25, 0.3) is 0 Å². The molecule has 0 heterocycles. The molecule has 2 aromatic rings. The average Bonchev–Trinajstić information content (AvgIpc) is 2.40. The average molecular weight is 306 g/mol. The Morgan fingerprint density at radius 1 is 1.14 bits per heavy atom. The molecular formula is C14H14N2O4S. The number of hydrogen-bond acceptors (Lipinski definition) is 4. The molecule has 0 aliphatic carbocycles. The van der Waals surface area contributed by atoms with E-state index in [0.29, 0.717) is 5.69 Å². The zero-order chi connectivity index (χ0) is 15.5. The number of amides is 2. The monoisotopic (exact) mass is 306 g/mol. The second-order valence-electron chi connectivity index (χ2n) is 4.37. The van der Waals surface area contributed by atoms with Crippen molar-refractivity contribution < 1.29 is 17.4 Å². The summed E-state index contributed by atoms with van der Waals surface area (Å²) in [7, 11) is -3.88. The van der Waals surface area contributed by atoms with E-state index in [1.54, 1.807) is 19.1 Å². The molecule has 0 saturated carbocycles. The minimum absolute atomic E-state index is 0.0850. The summed E-state index contributed by atoms with van der Waals surface area (Å²) in [6.45, 7) is 1.79. The van der Waals surface area contributed by atoms with Gasteiger partial charge in [0.05, 0.1) is 0 Å². The molecule has 0 unspecified atom stereocenters. The summed E-state index contributed by atoms with van der Waals surface area (Å²) in [5.74, 6) is 0.145. The predicted molar refractivity (Wildman–Crippen MR) is 78.6 cm³/mol. The molecule has 0 saturated heterocycles. The van der Waals surface area contributed by atoms with Gasteiger partial charge in [0.2, 0.25) is 0 Å². The number of anilines is 1. The summed E-state index contributed by atoms with van der Waals surface area (Å²) in [4.78, 5) is 10.8. The number of nitrogens with one attached hydrogen (secondary N) is 1. The molecule has 2 amide bonds. The Balaban J connectivity index is 2.19. The Morgan fingerprint density at radius 3 is 2.38 bits per heavy atom. The second kappa shape index (κ2) is 5.84. The Hall–Kier alpha value is -2.54. The summed E-state index contributed by atoms with van der Waals surface area (Å²) < 4.78 is 29.2. The molecule has 0 aliphatic rings. The number of primary amides is 1. The fourth-order valence-corrected chi connectivity index (χ4v) is 2.72. The number of carbonyl (C=O) groups is 1. The Morgan fingerprint density at radius 2 is 1.81 bits per heavy atom. The van der Waals surface area contributed by atoms with Crippen LogP contribution in [-0.4, -0.2) is 14.4 Å². The van der Waals surface area contributed by atoms with E-state index in [0.717, 1.165) is 5.56 Å². The maximum atomic E-state index is 12.1. The van der Waals surface area contributed by atoms with E-state index in [1.165, 1.54) is 36.4 Å². The standard InChI is InChI=1S/C14H14N2O4S/c1-10-3-2-4-13(9-10)21(18,19)20-12-7-5-11(6-8-12)16-14(15)17/h2-9H,1H3,(H3,15,16,17). The highest BCUT2D eigenvalue weighted by atomic mass is 32.2. The van der Waals surface area contributed by atoms with Crippen molar-refractivity contribution >= 4 is 21.8 Å². The SMILES string of the molecule is Cc1cccc(S(=O)(=O)Oc2ccc(NC(N)=O)cc2)c1. The normalized spacial score (nSPS) is 10.9. The van der Waals surface area contributed by atoms with Gasteiger partial charge < -0.3 is 15.2 Å². The van der Waals surface area contributed by atoms with Crippen LogP contribution in [0.25, 0.3) is 0 Å². The van der Waals surface area contributed by atoms with Crippen LogP contribution in [-0.2, 0) is 10.1 Å². The molecule has 0 radical (unpaired) electrons. The number of aryl methyl sites for hydroxylation is 1. The fourth-order valence-electron chi connectivity index (χ4n) is 1.68. The minimum atomic E-state index is -3.88. The molecule has 21 heavy (non-hydrogen) atoms. The van der Waals surface area contributed by atoms with Gasteiger partial charge in [0.1, 0.15) is 10.6 Å². The van der Waals surface area contributed by atoms with Crippen LogP contribution >= 0.6 is 0 Å². The minimum Gasteiger partial charge on any atom is -0.379 e. The molecule has 0 aromatic heterocycles. The van der Waals surface area contributed by atoms with Gasteiger partial charge in [-0.15, -0.1) is 0 Å². The lowest BCUT2D eigenvalue weighted by molar-refractivity contribution is 0.259. The van der Waals surface area contributed by atoms with Crippen molar-refractivity contribution in [2.45, 2.75) is 11.8 Å². The van der Waals surface area contributed by atoms with Crippen molar-refractivity contribution in [1.82, 2.24) is 0 Å². The maximum Gasteiger partial charge on any atom is 0.339 e. The highest BCUT2D eigenvalue weighted by Gasteiger charge is 2.16. The van der Waals surface area contributed by atoms with Crippen LogP contribution in [0, 0.1) is 6.92 Å². The van der Waals surface area contributed by atoms with Gasteiger partial charge >= 0.3 is 16.1 Å². The van der Waals surface area contributed by atoms with Crippen LogP contribution in [0.2, 0.25) is 0 Å². The zero-order valence-electron chi connectivity index (χ0n) is 11.2. The highest BCUT2D eigenvalue weighted by molar-refractivity contribution is 7.87. The fraction of sp³-hybridized carbons (Fsp3) is 0.0714. The van der Waals surface area contributed by atoms with Crippen LogP contribution < -0.4 is 15.2 Å². The number of hydrogen-bond donors (Lipinski definition) is 2. The van der Waals surface area contributed by atoms with Crippen molar-refractivity contribution in [3.8, 4) is 5.75 Å². The first-order valence-corrected chi connectivity index (χ1v) is 7.45. The number of rotatable bonds is 4. The maximum absolute atomic E-state index is 12.1. The van der Waals surface area contributed by atoms with Gasteiger partial charge in [-0.2, -0.15) is 8.42 Å². The summed E-state index contributed by atoms with van der Waals surface area (Å²) in [5, 5.41) is 2.37. The Kier molecular flexibility index (Phi) is 4.13. The smallest absolute Gasteiger partial charge is 0.339 e. The summed E-state index contributed by atoms with van der Waals surface area (Å²) in [6.07, 6.45) is 0. The molecule has 110 valence electrons. The van der Waals surface area contributed by atoms with Crippen molar-refractivity contribution in [1.29, 1.82) is 0 Å². The molecule has 7 heteroatoms. The molecular weight excluding hydrogens is 292 g/mol. The molecule has 0 bridgehead atoms.